The zero-order valence-electron chi connectivity index (χ0n) is 13.7. The van der Waals surface area contributed by atoms with Crippen molar-refractivity contribution in [2.24, 2.45) is 11.5 Å². The van der Waals surface area contributed by atoms with Crippen LogP contribution in [0.4, 0.5) is 0 Å². The Bertz CT molecular complexity index is 587. The second-order valence-corrected chi connectivity index (χ2v) is 5.45. The predicted molar refractivity (Wildman–Crippen MR) is 93.6 cm³/mol. The van der Waals surface area contributed by atoms with E-state index in [4.69, 9.17) is 20.9 Å². The van der Waals surface area contributed by atoms with Crippen molar-refractivity contribution < 1.29 is 9.47 Å². The maximum atomic E-state index is 6.21. The molecule has 0 saturated heterocycles. The summed E-state index contributed by atoms with van der Waals surface area (Å²) in [6.45, 7) is 3.72. The molecule has 4 heteroatoms. The quantitative estimate of drug-likeness (QED) is 0.744. The molecule has 124 valence electrons. The van der Waals surface area contributed by atoms with Crippen LogP contribution in [-0.2, 0) is 6.61 Å². The molecule has 0 saturated carbocycles. The number of hydrogen-bond acceptors (Lipinski definition) is 4. The van der Waals surface area contributed by atoms with Gasteiger partial charge in [0.1, 0.15) is 6.61 Å². The summed E-state index contributed by atoms with van der Waals surface area (Å²) in [7, 11) is 0. The second kappa shape index (κ2) is 9.18. The maximum Gasteiger partial charge on any atom is 0.161 e. The van der Waals surface area contributed by atoms with Crippen molar-refractivity contribution in [2.45, 2.75) is 32.4 Å². The maximum absolute atomic E-state index is 6.21. The van der Waals surface area contributed by atoms with Gasteiger partial charge in [0, 0.05) is 6.04 Å². The molecule has 0 fully saturated rings. The SMILES string of the molecule is CCOc1cc([C@@H](N)CCCN)ccc1OCc1ccccc1. The average Bonchev–Trinajstić information content (AvgIpc) is 2.59. The monoisotopic (exact) mass is 314 g/mol. The molecular weight excluding hydrogens is 288 g/mol. The fourth-order valence-electron chi connectivity index (χ4n) is 2.38. The minimum absolute atomic E-state index is 0.0269. The van der Waals surface area contributed by atoms with Crippen LogP contribution in [0.2, 0.25) is 0 Å². The first-order valence-corrected chi connectivity index (χ1v) is 8.13. The van der Waals surface area contributed by atoms with Crippen LogP contribution in [0.5, 0.6) is 11.5 Å². The van der Waals surface area contributed by atoms with Gasteiger partial charge in [-0.1, -0.05) is 36.4 Å². The number of nitrogens with two attached hydrogens (primary N) is 2. The van der Waals surface area contributed by atoms with Gasteiger partial charge in [0.2, 0.25) is 0 Å². The highest BCUT2D eigenvalue weighted by atomic mass is 16.5. The molecule has 0 aliphatic rings. The van der Waals surface area contributed by atoms with Crippen LogP contribution in [0.1, 0.15) is 36.9 Å². The van der Waals surface area contributed by atoms with E-state index in [1.54, 1.807) is 0 Å². The van der Waals surface area contributed by atoms with E-state index >= 15 is 0 Å². The van der Waals surface area contributed by atoms with Gasteiger partial charge in [0.25, 0.3) is 0 Å². The number of rotatable bonds is 9. The Kier molecular flexibility index (Phi) is 6.91. The predicted octanol–water partition coefficient (Wildman–Crippen LogP) is 3.40. The van der Waals surface area contributed by atoms with Gasteiger partial charge in [0.15, 0.2) is 11.5 Å². The Morgan fingerprint density at radius 2 is 1.78 bits per heavy atom. The molecule has 0 aromatic heterocycles. The first-order valence-electron chi connectivity index (χ1n) is 8.13. The van der Waals surface area contributed by atoms with Crippen LogP contribution in [0.15, 0.2) is 48.5 Å². The molecule has 2 aromatic carbocycles. The van der Waals surface area contributed by atoms with Gasteiger partial charge < -0.3 is 20.9 Å². The first kappa shape index (κ1) is 17.3. The highest BCUT2D eigenvalue weighted by Crippen LogP contribution is 2.31. The second-order valence-electron chi connectivity index (χ2n) is 5.45. The fraction of sp³-hybridized carbons (Fsp3) is 0.368. The summed E-state index contributed by atoms with van der Waals surface area (Å²) in [6.07, 6.45) is 1.78. The fourth-order valence-corrected chi connectivity index (χ4v) is 2.38. The molecule has 1 atom stereocenters. The number of hydrogen-bond donors (Lipinski definition) is 2. The molecule has 2 aromatic rings. The lowest BCUT2D eigenvalue weighted by Crippen LogP contribution is -2.13. The van der Waals surface area contributed by atoms with Gasteiger partial charge in [0.05, 0.1) is 6.61 Å². The van der Waals surface area contributed by atoms with E-state index in [2.05, 4.69) is 0 Å². The van der Waals surface area contributed by atoms with Crippen molar-refractivity contribution >= 4 is 0 Å². The van der Waals surface area contributed by atoms with Crippen molar-refractivity contribution in [1.29, 1.82) is 0 Å². The molecule has 0 aliphatic carbocycles. The van der Waals surface area contributed by atoms with Crippen LogP contribution in [0.3, 0.4) is 0 Å². The van der Waals surface area contributed by atoms with Crippen molar-refractivity contribution in [2.75, 3.05) is 13.2 Å². The molecule has 0 aliphatic heterocycles. The molecule has 0 radical (unpaired) electrons. The van der Waals surface area contributed by atoms with Crippen molar-refractivity contribution in [3.8, 4) is 11.5 Å². The van der Waals surface area contributed by atoms with Gasteiger partial charge in [-0.05, 0) is 49.6 Å². The van der Waals surface area contributed by atoms with Crippen molar-refractivity contribution in [3.05, 3.63) is 59.7 Å². The Labute approximate surface area is 138 Å². The minimum atomic E-state index is -0.0269. The van der Waals surface area contributed by atoms with E-state index in [1.807, 2.05) is 55.5 Å². The lowest BCUT2D eigenvalue weighted by Gasteiger charge is -2.16. The molecule has 4 nitrogen and oxygen atoms in total. The highest BCUT2D eigenvalue weighted by molar-refractivity contribution is 5.44. The van der Waals surface area contributed by atoms with E-state index < -0.39 is 0 Å². The van der Waals surface area contributed by atoms with Crippen LogP contribution in [0, 0.1) is 0 Å². The van der Waals surface area contributed by atoms with Crippen molar-refractivity contribution in [1.82, 2.24) is 0 Å². The summed E-state index contributed by atoms with van der Waals surface area (Å²) >= 11 is 0. The van der Waals surface area contributed by atoms with E-state index in [-0.39, 0.29) is 6.04 Å². The van der Waals surface area contributed by atoms with Crippen LogP contribution in [0.25, 0.3) is 0 Å². The standard InChI is InChI=1S/C19H26N2O2/c1-2-22-19-13-16(17(21)9-6-12-20)10-11-18(19)23-14-15-7-4-3-5-8-15/h3-5,7-8,10-11,13,17H,2,6,9,12,14,20-21H2,1H3/t17-/m0/s1. The summed E-state index contributed by atoms with van der Waals surface area (Å²) in [4.78, 5) is 0. The first-order chi connectivity index (χ1) is 11.2. The molecule has 23 heavy (non-hydrogen) atoms. The Hall–Kier alpha value is -2.04. The van der Waals surface area contributed by atoms with Crippen LogP contribution < -0.4 is 20.9 Å². The van der Waals surface area contributed by atoms with E-state index in [9.17, 15) is 0 Å². The number of benzene rings is 2. The lowest BCUT2D eigenvalue weighted by atomic mass is 10.0. The van der Waals surface area contributed by atoms with E-state index in [1.165, 1.54) is 0 Å². The van der Waals surface area contributed by atoms with Crippen molar-refractivity contribution in [3.63, 3.8) is 0 Å². The Morgan fingerprint density at radius 1 is 1.00 bits per heavy atom. The van der Waals surface area contributed by atoms with Gasteiger partial charge >= 0.3 is 0 Å². The largest absolute Gasteiger partial charge is 0.490 e. The summed E-state index contributed by atoms with van der Waals surface area (Å²) in [5.74, 6) is 1.48. The van der Waals surface area contributed by atoms with Gasteiger partial charge in [-0.15, -0.1) is 0 Å². The molecular formula is C19H26N2O2. The summed E-state index contributed by atoms with van der Waals surface area (Å²) in [5, 5.41) is 0. The molecule has 2 rings (SSSR count). The van der Waals surface area contributed by atoms with Crippen LogP contribution >= 0.6 is 0 Å². The molecule has 0 heterocycles. The van der Waals surface area contributed by atoms with Gasteiger partial charge in [-0.2, -0.15) is 0 Å². The third-order valence-corrected chi connectivity index (χ3v) is 3.65. The summed E-state index contributed by atoms with van der Waals surface area (Å²) in [5.41, 5.74) is 13.9. The molecule has 0 unspecified atom stereocenters. The average molecular weight is 314 g/mol. The topological polar surface area (TPSA) is 70.5 Å². The normalized spacial score (nSPS) is 12.0. The van der Waals surface area contributed by atoms with E-state index in [0.717, 1.165) is 35.5 Å². The highest BCUT2D eigenvalue weighted by Gasteiger charge is 2.11. The molecule has 0 spiro atoms. The smallest absolute Gasteiger partial charge is 0.161 e. The zero-order valence-corrected chi connectivity index (χ0v) is 13.7. The molecule has 0 amide bonds. The Morgan fingerprint density at radius 3 is 2.48 bits per heavy atom. The van der Waals surface area contributed by atoms with Gasteiger partial charge in [-0.25, -0.2) is 0 Å². The number of ether oxygens (including phenoxy) is 2. The summed E-state index contributed by atoms with van der Waals surface area (Å²) < 4.78 is 11.6. The lowest BCUT2D eigenvalue weighted by molar-refractivity contribution is 0.269. The summed E-state index contributed by atoms with van der Waals surface area (Å²) in [6, 6.07) is 16.0. The van der Waals surface area contributed by atoms with Gasteiger partial charge in [-0.3, -0.25) is 0 Å². The third-order valence-electron chi connectivity index (χ3n) is 3.65. The molecule has 4 N–H and O–H groups in total. The Balaban J connectivity index is 2.09. The molecule has 0 bridgehead atoms. The van der Waals surface area contributed by atoms with E-state index in [0.29, 0.717) is 19.8 Å². The minimum Gasteiger partial charge on any atom is -0.490 e. The zero-order chi connectivity index (χ0) is 16.5. The van der Waals surface area contributed by atoms with Crippen LogP contribution in [-0.4, -0.2) is 13.2 Å². The third kappa shape index (κ3) is 5.27.